The van der Waals surface area contributed by atoms with Crippen molar-refractivity contribution in [3.63, 3.8) is 0 Å². The molecule has 0 atom stereocenters. The fourth-order valence-electron chi connectivity index (χ4n) is 3.95. The van der Waals surface area contributed by atoms with Crippen molar-refractivity contribution in [1.82, 2.24) is 9.80 Å². The molecule has 0 saturated carbocycles. The molecule has 0 radical (unpaired) electrons. The van der Waals surface area contributed by atoms with Crippen LogP contribution in [0.2, 0.25) is 0 Å². The summed E-state index contributed by atoms with van der Waals surface area (Å²) in [4.78, 5) is 29.1. The van der Waals surface area contributed by atoms with Crippen LogP contribution in [0.15, 0.2) is 34.7 Å². The Hall–Kier alpha value is -2.30. The smallest absolute Gasteiger partial charge is 0.289 e. The maximum absolute atomic E-state index is 12.7. The lowest BCUT2D eigenvalue weighted by molar-refractivity contribution is -0.137. The number of hydrogen-bond acceptors (Lipinski definition) is 3. The third kappa shape index (κ3) is 3.28. The normalized spacial score (nSPS) is 19.4. The number of benzene rings is 1. The Morgan fingerprint density at radius 1 is 0.920 bits per heavy atom. The summed E-state index contributed by atoms with van der Waals surface area (Å²) in [7, 11) is 0. The summed E-state index contributed by atoms with van der Waals surface area (Å²) in [6.07, 6.45) is 4.97. The first-order valence-corrected chi connectivity index (χ1v) is 9.29. The minimum Gasteiger partial charge on any atom is -0.451 e. The fraction of sp³-hybridized carbons (Fsp3) is 0.500. The molecular formula is C20H24N2O3. The zero-order valence-corrected chi connectivity index (χ0v) is 14.4. The first-order valence-electron chi connectivity index (χ1n) is 9.29. The zero-order chi connectivity index (χ0) is 17.2. The van der Waals surface area contributed by atoms with E-state index >= 15 is 0 Å². The molecule has 0 aliphatic carbocycles. The second-order valence-electron chi connectivity index (χ2n) is 7.10. The van der Waals surface area contributed by atoms with Gasteiger partial charge >= 0.3 is 0 Å². The fourth-order valence-corrected chi connectivity index (χ4v) is 3.95. The highest BCUT2D eigenvalue weighted by Gasteiger charge is 2.31. The van der Waals surface area contributed by atoms with Crippen molar-refractivity contribution in [2.75, 3.05) is 26.2 Å². The molecule has 1 aromatic heterocycles. The topological polar surface area (TPSA) is 53.8 Å². The number of carbonyl (C=O) groups excluding carboxylic acids is 2. The Morgan fingerprint density at radius 3 is 2.36 bits per heavy atom. The Morgan fingerprint density at radius 2 is 1.64 bits per heavy atom. The molecule has 2 aromatic rings. The highest BCUT2D eigenvalue weighted by Crippen LogP contribution is 2.25. The van der Waals surface area contributed by atoms with E-state index in [0.717, 1.165) is 49.7 Å². The van der Waals surface area contributed by atoms with Gasteiger partial charge < -0.3 is 14.2 Å². The molecule has 0 unspecified atom stereocenters. The Kier molecular flexibility index (Phi) is 4.47. The van der Waals surface area contributed by atoms with Crippen LogP contribution in [0.3, 0.4) is 0 Å². The standard InChI is InChI=1S/C20H24N2O3/c23-19(21-10-4-1-5-11-21)15-8-12-22(13-9-15)20(24)18-14-16-6-2-3-7-17(16)25-18/h2-3,6-7,14-15H,1,4-5,8-13H2. The van der Waals surface area contributed by atoms with E-state index in [1.54, 1.807) is 0 Å². The average Bonchev–Trinajstić information content (AvgIpc) is 3.12. The summed E-state index contributed by atoms with van der Waals surface area (Å²) >= 11 is 0. The Bertz CT molecular complexity index is 735. The van der Waals surface area contributed by atoms with Crippen LogP contribution in [0.5, 0.6) is 0 Å². The van der Waals surface area contributed by atoms with Gasteiger partial charge in [0.25, 0.3) is 5.91 Å². The van der Waals surface area contributed by atoms with Crippen LogP contribution in [0, 0.1) is 5.92 Å². The van der Waals surface area contributed by atoms with Crippen molar-refractivity contribution in [1.29, 1.82) is 0 Å². The van der Waals surface area contributed by atoms with E-state index < -0.39 is 0 Å². The van der Waals surface area contributed by atoms with E-state index in [1.165, 1.54) is 6.42 Å². The molecule has 0 N–H and O–H groups in total. The third-order valence-corrected chi connectivity index (χ3v) is 5.44. The lowest BCUT2D eigenvalue weighted by atomic mass is 9.94. The summed E-state index contributed by atoms with van der Waals surface area (Å²) in [5.41, 5.74) is 0.737. The monoisotopic (exact) mass is 340 g/mol. The summed E-state index contributed by atoms with van der Waals surface area (Å²) in [6.45, 7) is 3.05. The molecular weight excluding hydrogens is 316 g/mol. The van der Waals surface area contributed by atoms with Gasteiger partial charge in [-0.25, -0.2) is 0 Å². The van der Waals surface area contributed by atoms with E-state index in [4.69, 9.17) is 4.42 Å². The lowest BCUT2D eigenvalue weighted by Crippen LogP contribution is -2.45. The Labute approximate surface area is 147 Å². The number of para-hydroxylation sites is 1. The highest BCUT2D eigenvalue weighted by molar-refractivity contribution is 5.96. The Balaban J connectivity index is 1.37. The molecule has 0 spiro atoms. The maximum atomic E-state index is 12.7. The molecule has 2 aliphatic rings. The van der Waals surface area contributed by atoms with Crippen LogP contribution in [0.25, 0.3) is 11.0 Å². The van der Waals surface area contributed by atoms with Gasteiger partial charge in [0.15, 0.2) is 5.76 Å². The molecule has 2 amide bonds. The van der Waals surface area contributed by atoms with Crippen LogP contribution < -0.4 is 0 Å². The number of piperidine rings is 2. The summed E-state index contributed by atoms with van der Waals surface area (Å²) in [5, 5.41) is 0.945. The highest BCUT2D eigenvalue weighted by atomic mass is 16.3. The lowest BCUT2D eigenvalue weighted by Gasteiger charge is -2.35. The van der Waals surface area contributed by atoms with Gasteiger partial charge in [0.2, 0.25) is 5.91 Å². The molecule has 1 aromatic carbocycles. The number of likely N-dealkylation sites (tertiary alicyclic amines) is 2. The van der Waals surface area contributed by atoms with Crippen molar-refractivity contribution in [2.24, 2.45) is 5.92 Å². The molecule has 5 heteroatoms. The number of hydrogen-bond donors (Lipinski definition) is 0. The first-order chi connectivity index (χ1) is 12.2. The molecule has 0 bridgehead atoms. The minimum absolute atomic E-state index is 0.0674. The van der Waals surface area contributed by atoms with Gasteiger partial charge in [-0.15, -0.1) is 0 Å². The van der Waals surface area contributed by atoms with E-state index in [1.807, 2.05) is 40.1 Å². The van der Waals surface area contributed by atoms with Crippen LogP contribution in [0.4, 0.5) is 0 Å². The molecule has 25 heavy (non-hydrogen) atoms. The van der Waals surface area contributed by atoms with Crippen molar-refractivity contribution in [2.45, 2.75) is 32.1 Å². The number of amides is 2. The molecule has 4 rings (SSSR count). The second-order valence-corrected chi connectivity index (χ2v) is 7.10. The molecule has 2 fully saturated rings. The van der Waals surface area contributed by atoms with E-state index in [0.29, 0.717) is 18.8 Å². The predicted molar refractivity (Wildman–Crippen MR) is 95.3 cm³/mol. The summed E-state index contributed by atoms with van der Waals surface area (Å²) < 4.78 is 5.69. The SMILES string of the molecule is O=C(c1cc2ccccc2o1)N1CCC(C(=O)N2CCCCC2)CC1. The van der Waals surface area contributed by atoms with Crippen molar-refractivity contribution < 1.29 is 14.0 Å². The van der Waals surface area contributed by atoms with Gasteiger partial charge in [0, 0.05) is 37.5 Å². The van der Waals surface area contributed by atoms with Crippen LogP contribution in [-0.4, -0.2) is 47.8 Å². The minimum atomic E-state index is -0.0694. The van der Waals surface area contributed by atoms with Crippen molar-refractivity contribution in [3.05, 3.63) is 36.1 Å². The van der Waals surface area contributed by atoms with Gasteiger partial charge in [-0.3, -0.25) is 9.59 Å². The van der Waals surface area contributed by atoms with Gasteiger partial charge in [-0.05, 0) is 44.2 Å². The van der Waals surface area contributed by atoms with E-state index in [-0.39, 0.29) is 17.7 Å². The molecule has 3 heterocycles. The average molecular weight is 340 g/mol. The largest absolute Gasteiger partial charge is 0.451 e. The molecule has 2 aliphatic heterocycles. The third-order valence-electron chi connectivity index (χ3n) is 5.44. The van der Waals surface area contributed by atoms with E-state index in [2.05, 4.69) is 0 Å². The first kappa shape index (κ1) is 16.2. The van der Waals surface area contributed by atoms with Crippen LogP contribution >= 0.6 is 0 Å². The number of nitrogens with zero attached hydrogens (tertiary/aromatic N) is 2. The van der Waals surface area contributed by atoms with Crippen LogP contribution in [0.1, 0.15) is 42.7 Å². The summed E-state index contributed by atoms with van der Waals surface area (Å²) in [6, 6.07) is 9.46. The molecule has 2 saturated heterocycles. The van der Waals surface area contributed by atoms with Gasteiger partial charge in [0.1, 0.15) is 5.58 Å². The van der Waals surface area contributed by atoms with Gasteiger partial charge in [-0.2, -0.15) is 0 Å². The van der Waals surface area contributed by atoms with Crippen molar-refractivity contribution in [3.8, 4) is 0 Å². The second kappa shape index (κ2) is 6.90. The number of fused-ring (bicyclic) bond motifs is 1. The summed E-state index contributed by atoms with van der Waals surface area (Å²) in [5.74, 6) is 0.676. The maximum Gasteiger partial charge on any atom is 0.289 e. The van der Waals surface area contributed by atoms with Gasteiger partial charge in [-0.1, -0.05) is 18.2 Å². The van der Waals surface area contributed by atoms with Gasteiger partial charge in [0.05, 0.1) is 0 Å². The van der Waals surface area contributed by atoms with Crippen LogP contribution in [-0.2, 0) is 4.79 Å². The number of rotatable bonds is 2. The predicted octanol–water partition coefficient (Wildman–Crippen LogP) is 3.30. The van der Waals surface area contributed by atoms with E-state index in [9.17, 15) is 9.59 Å². The zero-order valence-electron chi connectivity index (χ0n) is 14.4. The van der Waals surface area contributed by atoms with Crippen molar-refractivity contribution >= 4 is 22.8 Å². The quantitative estimate of drug-likeness (QED) is 0.843. The number of furan rings is 1. The molecule has 5 nitrogen and oxygen atoms in total. The number of carbonyl (C=O) groups is 2. The molecule has 132 valence electrons.